The molecular weight excluding hydrogens is 326 g/mol. The zero-order chi connectivity index (χ0) is 13.9. The van der Waals surface area contributed by atoms with Gasteiger partial charge >= 0.3 is 0 Å². The van der Waals surface area contributed by atoms with Crippen LogP contribution in [0.1, 0.15) is 37.5 Å². The SMILES string of the molecule is CCCCCCOCC(O)CNCc1ccc(Br)s1. The Labute approximate surface area is 128 Å². The molecule has 0 saturated heterocycles. The fourth-order valence-electron chi connectivity index (χ4n) is 1.72. The number of aliphatic hydroxyl groups is 1. The predicted octanol–water partition coefficient (Wildman–Crippen LogP) is 3.56. The molecule has 1 aromatic heterocycles. The molecule has 0 aliphatic rings. The lowest BCUT2D eigenvalue weighted by Gasteiger charge is -2.12. The van der Waals surface area contributed by atoms with E-state index in [-0.39, 0.29) is 0 Å². The van der Waals surface area contributed by atoms with Crippen LogP contribution in [0.5, 0.6) is 0 Å². The topological polar surface area (TPSA) is 41.5 Å². The molecule has 1 atom stereocenters. The van der Waals surface area contributed by atoms with Crippen LogP contribution in [0.4, 0.5) is 0 Å². The van der Waals surface area contributed by atoms with Gasteiger partial charge in [0.05, 0.1) is 16.5 Å². The van der Waals surface area contributed by atoms with Gasteiger partial charge in [0.1, 0.15) is 0 Å². The summed E-state index contributed by atoms with van der Waals surface area (Å²) < 4.78 is 6.59. The monoisotopic (exact) mass is 349 g/mol. The molecule has 1 aromatic rings. The number of thiophene rings is 1. The Balaban J connectivity index is 1.94. The van der Waals surface area contributed by atoms with Crippen LogP contribution in [-0.4, -0.2) is 31.0 Å². The number of rotatable bonds is 11. The van der Waals surface area contributed by atoms with E-state index in [0.717, 1.165) is 23.4 Å². The molecule has 0 amide bonds. The zero-order valence-corrected chi connectivity index (χ0v) is 13.9. The molecule has 2 N–H and O–H groups in total. The third kappa shape index (κ3) is 8.76. The molecule has 5 heteroatoms. The van der Waals surface area contributed by atoms with E-state index in [0.29, 0.717) is 13.2 Å². The highest BCUT2D eigenvalue weighted by Gasteiger charge is 2.04. The van der Waals surface area contributed by atoms with Gasteiger partial charge in [-0.05, 0) is 34.5 Å². The molecule has 0 aliphatic carbocycles. The Hall–Kier alpha value is 0.0600. The van der Waals surface area contributed by atoms with Crippen molar-refractivity contribution >= 4 is 27.3 Å². The van der Waals surface area contributed by atoms with Crippen LogP contribution >= 0.6 is 27.3 Å². The van der Waals surface area contributed by atoms with Crippen LogP contribution in [0.2, 0.25) is 0 Å². The Bertz CT molecular complexity index is 333. The summed E-state index contributed by atoms with van der Waals surface area (Å²) in [6, 6.07) is 4.12. The van der Waals surface area contributed by atoms with E-state index in [1.807, 2.05) is 6.07 Å². The lowest BCUT2D eigenvalue weighted by atomic mass is 10.2. The summed E-state index contributed by atoms with van der Waals surface area (Å²) in [4.78, 5) is 1.26. The Kier molecular flexibility index (Phi) is 9.73. The number of hydrogen-bond acceptors (Lipinski definition) is 4. The van der Waals surface area contributed by atoms with Crippen molar-refractivity contribution in [3.63, 3.8) is 0 Å². The van der Waals surface area contributed by atoms with Gasteiger partial charge in [-0.25, -0.2) is 0 Å². The van der Waals surface area contributed by atoms with Gasteiger partial charge in [-0.3, -0.25) is 0 Å². The van der Waals surface area contributed by atoms with Crippen molar-refractivity contribution in [1.82, 2.24) is 5.32 Å². The molecule has 0 bridgehead atoms. The summed E-state index contributed by atoms with van der Waals surface area (Å²) in [5.74, 6) is 0. The normalized spacial score (nSPS) is 12.8. The summed E-state index contributed by atoms with van der Waals surface area (Å²) in [5, 5.41) is 13.0. The summed E-state index contributed by atoms with van der Waals surface area (Å²) in [6.07, 6.45) is 4.40. The van der Waals surface area contributed by atoms with Gasteiger partial charge in [0.25, 0.3) is 0 Å². The van der Waals surface area contributed by atoms with E-state index in [4.69, 9.17) is 4.74 Å². The Morgan fingerprint density at radius 3 is 2.89 bits per heavy atom. The molecule has 110 valence electrons. The second-order valence-corrected chi connectivity index (χ2v) is 7.17. The second kappa shape index (κ2) is 10.8. The lowest BCUT2D eigenvalue weighted by Crippen LogP contribution is -2.30. The van der Waals surface area contributed by atoms with E-state index in [2.05, 4.69) is 34.2 Å². The van der Waals surface area contributed by atoms with Crippen molar-refractivity contribution in [3.05, 3.63) is 20.8 Å². The van der Waals surface area contributed by atoms with Crippen LogP contribution in [0, 0.1) is 0 Å². The quantitative estimate of drug-likeness (QED) is 0.600. The first kappa shape index (κ1) is 17.1. The van der Waals surface area contributed by atoms with E-state index >= 15 is 0 Å². The Morgan fingerprint density at radius 2 is 2.21 bits per heavy atom. The molecule has 1 heterocycles. The van der Waals surface area contributed by atoms with Gasteiger partial charge in [0.15, 0.2) is 0 Å². The number of aliphatic hydroxyl groups excluding tert-OH is 1. The highest BCUT2D eigenvalue weighted by atomic mass is 79.9. The number of nitrogens with one attached hydrogen (secondary N) is 1. The van der Waals surface area contributed by atoms with Gasteiger partial charge in [-0.15, -0.1) is 11.3 Å². The van der Waals surface area contributed by atoms with Crippen LogP contribution < -0.4 is 5.32 Å². The summed E-state index contributed by atoms with van der Waals surface area (Å²) >= 11 is 5.14. The van der Waals surface area contributed by atoms with Crippen LogP contribution in [0.15, 0.2) is 15.9 Å². The first-order chi connectivity index (χ1) is 9.22. The number of ether oxygens (including phenoxy) is 1. The van der Waals surface area contributed by atoms with Crippen molar-refractivity contribution in [2.45, 2.75) is 45.3 Å². The first-order valence-corrected chi connectivity index (χ1v) is 8.54. The molecular formula is C14H24BrNO2S. The van der Waals surface area contributed by atoms with Gasteiger partial charge in [0.2, 0.25) is 0 Å². The number of hydrogen-bond donors (Lipinski definition) is 2. The molecule has 1 unspecified atom stereocenters. The van der Waals surface area contributed by atoms with Crippen molar-refractivity contribution in [2.24, 2.45) is 0 Å². The first-order valence-electron chi connectivity index (χ1n) is 6.93. The fourth-order valence-corrected chi connectivity index (χ4v) is 3.17. The third-order valence-corrected chi connectivity index (χ3v) is 4.38. The van der Waals surface area contributed by atoms with Gasteiger partial charge in [-0.2, -0.15) is 0 Å². The molecule has 1 rings (SSSR count). The number of unbranched alkanes of at least 4 members (excludes halogenated alkanes) is 3. The zero-order valence-electron chi connectivity index (χ0n) is 11.5. The molecule has 0 saturated carbocycles. The van der Waals surface area contributed by atoms with E-state index in [1.54, 1.807) is 11.3 Å². The molecule has 0 radical (unpaired) electrons. The van der Waals surface area contributed by atoms with Crippen molar-refractivity contribution in [1.29, 1.82) is 0 Å². The maximum atomic E-state index is 9.74. The van der Waals surface area contributed by atoms with Crippen molar-refractivity contribution in [2.75, 3.05) is 19.8 Å². The minimum absolute atomic E-state index is 0.422. The largest absolute Gasteiger partial charge is 0.389 e. The minimum Gasteiger partial charge on any atom is -0.389 e. The van der Waals surface area contributed by atoms with Gasteiger partial charge < -0.3 is 15.2 Å². The molecule has 3 nitrogen and oxygen atoms in total. The van der Waals surface area contributed by atoms with Gasteiger partial charge in [0, 0.05) is 24.6 Å². The van der Waals surface area contributed by atoms with Crippen molar-refractivity contribution < 1.29 is 9.84 Å². The highest BCUT2D eigenvalue weighted by molar-refractivity contribution is 9.11. The Morgan fingerprint density at radius 1 is 1.37 bits per heavy atom. The highest BCUT2D eigenvalue weighted by Crippen LogP contribution is 2.21. The third-order valence-electron chi connectivity index (χ3n) is 2.76. The summed E-state index contributed by atoms with van der Waals surface area (Å²) in [7, 11) is 0. The predicted molar refractivity (Wildman–Crippen MR) is 84.7 cm³/mol. The smallest absolute Gasteiger partial charge is 0.0897 e. The maximum Gasteiger partial charge on any atom is 0.0897 e. The lowest BCUT2D eigenvalue weighted by molar-refractivity contribution is 0.0353. The van der Waals surface area contributed by atoms with Crippen LogP contribution in [0.25, 0.3) is 0 Å². The average molecular weight is 350 g/mol. The number of halogens is 1. The van der Waals surface area contributed by atoms with E-state index in [1.165, 1.54) is 24.1 Å². The summed E-state index contributed by atoms with van der Waals surface area (Å²) in [6.45, 7) is 4.75. The summed E-state index contributed by atoms with van der Waals surface area (Å²) in [5.41, 5.74) is 0. The maximum absolute atomic E-state index is 9.74. The molecule has 0 aromatic carbocycles. The van der Waals surface area contributed by atoms with Crippen LogP contribution in [0.3, 0.4) is 0 Å². The average Bonchev–Trinajstić information content (AvgIpc) is 2.79. The van der Waals surface area contributed by atoms with E-state index in [9.17, 15) is 5.11 Å². The molecule has 0 fully saturated rings. The van der Waals surface area contributed by atoms with Crippen LogP contribution in [-0.2, 0) is 11.3 Å². The van der Waals surface area contributed by atoms with Crippen molar-refractivity contribution in [3.8, 4) is 0 Å². The van der Waals surface area contributed by atoms with E-state index < -0.39 is 6.10 Å². The minimum atomic E-state index is -0.422. The van der Waals surface area contributed by atoms with Gasteiger partial charge in [-0.1, -0.05) is 26.2 Å². The molecule has 0 aliphatic heterocycles. The molecule has 19 heavy (non-hydrogen) atoms. The second-order valence-electron chi connectivity index (χ2n) is 4.63. The standard InChI is InChI=1S/C14H24BrNO2S/c1-2-3-4-5-8-18-11-12(17)9-16-10-13-6-7-14(15)19-13/h6-7,12,16-17H,2-5,8-11H2,1H3. The fraction of sp³-hybridized carbons (Fsp3) is 0.714. The molecule has 0 spiro atoms.